The van der Waals surface area contributed by atoms with Crippen LogP contribution in [0.2, 0.25) is 10.0 Å². The lowest BCUT2D eigenvalue weighted by Crippen LogP contribution is -2.49. The van der Waals surface area contributed by atoms with Gasteiger partial charge in [-0.3, -0.25) is 39.1 Å². The van der Waals surface area contributed by atoms with Gasteiger partial charge in [0, 0.05) is 87.7 Å². The number of halogens is 2. The fourth-order valence-electron chi connectivity index (χ4n) is 7.15. The molecule has 2 aliphatic rings. The van der Waals surface area contributed by atoms with Crippen molar-refractivity contribution in [2.24, 2.45) is 0 Å². The number of rotatable bonds is 17. The molecule has 332 valence electrons. The zero-order valence-electron chi connectivity index (χ0n) is 34.6. The number of benzene rings is 3. The van der Waals surface area contributed by atoms with Crippen molar-refractivity contribution >= 4 is 75.8 Å². The molecule has 0 aliphatic carbocycles. The third-order valence-electron chi connectivity index (χ3n) is 10.5. The van der Waals surface area contributed by atoms with Crippen LogP contribution in [-0.2, 0) is 23.9 Å². The van der Waals surface area contributed by atoms with Gasteiger partial charge in [-0.05, 0) is 67.1 Å². The molecule has 19 heteroatoms. The van der Waals surface area contributed by atoms with Crippen LogP contribution in [0.1, 0.15) is 46.5 Å². The molecule has 2 saturated heterocycles. The third-order valence-corrected chi connectivity index (χ3v) is 11.2. The normalized spacial score (nSPS) is 15.0. The molecule has 3 aromatic carbocycles. The van der Waals surface area contributed by atoms with Crippen LogP contribution in [0.5, 0.6) is 0 Å². The Labute approximate surface area is 378 Å². The Hall–Kier alpha value is -6.82. The molecule has 0 saturated carbocycles. The molecule has 4 heterocycles. The Morgan fingerprint density at radius 3 is 2.23 bits per heavy atom. The predicted molar refractivity (Wildman–Crippen MR) is 242 cm³/mol. The molecule has 5 aromatic rings. The summed E-state index contributed by atoms with van der Waals surface area (Å²) in [5.74, 6) is -1.75. The Morgan fingerprint density at radius 1 is 0.781 bits per heavy atom. The molecular weight excluding hydrogens is 863 g/mol. The largest absolute Gasteiger partial charge is 0.378 e. The number of piperazine rings is 1. The number of imide groups is 1. The van der Waals surface area contributed by atoms with Gasteiger partial charge in [0.15, 0.2) is 5.69 Å². The first-order valence-corrected chi connectivity index (χ1v) is 21.5. The zero-order chi connectivity index (χ0) is 45.0. The van der Waals surface area contributed by atoms with E-state index < -0.39 is 17.9 Å². The van der Waals surface area contributed by atoms with Gasteiger partial charge < -0.3 is 35.8 Å². The van der Waals surface area contributed by atoms with Crippen LogP contribution in [-0.4, -0.2) is 114 Å². The first-order valence-electron chi connectivity index (χ1n) is 20.8. The molecule has 64 heavy (non-hydrogen) atoms. The summed E-state index contributed by atoms with van der Waals surface area (Å²) in [5.41, 5.74) is 3.67. The highest BCUT2D eigenvalue weighted by Crippen LogP contribution is 2.33. The molecule has 1 unspecified atom stereocenters. The van der Waals surface area contributed by atoms with Crippen molar-refractivity contribution in [1.29, 1.82) is 0 Å². The smallest absolute Gasteiger partial charge is 0.271 e. The molecule has 0 spiro atoms. The second kappa shape index (κ2) is 21.5. The molecule has 2 fully saturated rings. The number of para-hydroxylation sites is 1. The van der Waals surface area contributed by atoms with Crippen LogP contribution in [0.4, 0.5) is 17.2 Å². The molecule has 5 N–H and O–H groups in total. The summed E-state index contributed by atoms with van der Waals surface area (Å²) >= 11 is 12.9. The SMILES string of the molecule is O=C(CCC(=O)N1CCN(c2ccc(NC3CCC(=O)NC3=O)cc2)CC1)NCCOCCNC(=O)c1cc(NC(=O)c2cc(-c3ccccn3)c(Cl)cc2Cl)n(-c2ccccc2)n1. The van der Waals surface area contributed by atoms with Crippen LogP contribution in [0.3, 0.4) is 0 Å². The minimum atomic E-state index is -0.547. The van der Waals surface area contributed by atoms with E-state index in [1.165, 1.54) is 16.8 Å². The predicted octanol–water partition coefficient (Wildman–Crippen LogP) is 4.70. The lowest BCUT2D eigenvalue weighted by atomic mass is 10.1. The summed E-state index contributed by atoms with van der Waals surface area (Å²) in [6.45, 7) is 3.07. The third kappa shape index (κ3) is 11.8. The van der Waals surface area contributed by atoms with Gasteiger partial charge in [-0.1, -0.05) is 47.5 Å². The zero-order valence-corrected chi connectivity index (χ0v) is 36.2. The Kier molecular flexibility index (Phi) is 15.2. The number of aromatic nitrogens is 3. The first-order chi connectivity index (χ1) is 31.0. The second-order valence-corrected chi connectivity index (χ2v) is 15.7. The van der Waals surface area contributed by atoms with Gasteiger partial charge in [-0.15, -0.1) is 0 Å². The fraction of sp³-hybridized carbons (Fsp3) is 0.289. The number of amides is 6. The topological polar surface area (TPSA) is 209 Å². The minimum absolute atomic E-state index is 0.0482. The minimum Gasteiger partial charge on any atom is -0.378 e. The van der Waals surface area contributed by atoms with E-state index in [1.54, 1.807) is 59.6 Å². The molecule has 0 radical (unpaired) electrons. The Morgan fingerprint density at radius 2 is 1.52 bits per heavy atom. The van der Waals surface area contributed by atoms with Crippen molar-refractivity contribution in [3.63, 3.8) is 0 Å². The quantitative estimate of drug-likeness (QED) is 0.0638. The number of carbonyl (C=O) groups excluding carboxylic acids is 6. The Balaban J connectivity index is 0.799. The number of hydrogen-bond acceptors (Lipinski definition) is 11. The van der Waals surface area contributed by atoms with E-state index in [1.807, 2.05) is 30.3 Å². The monoisotopic (exact) mass is 908 g/mol. The molecular formula is C45H46Cl2N10O7. The fourth-order valence-corrected chi connectivity index (χ4v) is 7.71. The van der Waals surface area contributed by atoms with E-state index in [0.29, 0.717) is 61.0 Å². The molecule has 2 aliphatic heterocycles. The maximum Gasteiger partial charge on any atom is 0.271 e. The second-order valence-electron chi connectivity index (χ2n) is 14.9. The highest BCUT2D eigenvalue weighted by molar-refractivity contribution is 6.38. The number of ether oxygens (including phenoxy) is 1. The van der Waals surface area contributed by atoms with Gasteiger partial charge in [0.25, 0.3) is 11.8 Å². The van der Waals surface area contributed by atoms with Crippen LogP contribution in [0, 0.1) is 0 Å². The van der Waals surface area contributed by atoms with Crippen molar-refractivity contribution in [2.75, 3.05) is 68.0 Å². The number of hydrogen-bond donors (Lipinski definition) is 5. The van der Waals surface area contributed by atoms with E-state index in [9.17, 15) is 28.8 Å². The number of nitrogens with zero attached hydrogens (tertiary/aromatic N) is 5. The van der Waals surface area contributed by atoms with E-state index in [-0.39, 0.29) is 84.9 Å². The number of carbonyl (C=O) groups is 6. The molecule has 7 rings (SSSR count). The highest BCUT2D eigenvalue weighted by Gasteiger charge is 2.27. The van der Waals surface area contributed by atoms with Crippen molar-refractivity contribution in [1.82, 2.24) is 35.6 Å². The van der Waals surface area contributed by atoms with Gasteiger partial charge >= 0.3 is 0 Å². The van der Waals surface area contributed by atoms with Crippen molar-refractivity contribution < 1.29 is 33.5 Å². The molecule has 2 aromatic heterocycles. The summed E-state index contributed by atoms with van der Waals surface area (Å²) in [5, 5.41) is 18.8. The van der Waals surface area contributed by atoms with Crippen molar-refractivity contribution in [3.8, 4) is 16.9 Å². The van der Waals surface area contributed by atoms with Crippen LogP contribution in [0.15, 0.2) is 97.2 Å². The van der Waals surface area contributed by atoms with Crippen LogP contribution < -0.4 is 31.5 Å². The van der Waals surface area contributed by atoms with Gasteiger partial charge in [0.1, 0.15) is 11.9 Å². The van der Waals surface area contributed by atoms with Gasteiger partial charge in [0.05, 0.1) is 40.2 Å². The summed E-state index contributed by atoms with van der Waals surface area (Å²) in [6.07, 6.45) is 2.51. The maximum atomic E-state index is 13.6. The van der Waals surface area contributed by atoms with E-state index in [0.717, 1.165) is 11.4 Å². The number of anilines is 3. The summed E-state index contributed by atoms with van der Waals surface area (Å²) in [6, 6.07) is 26.1. The Bertz CT molecular complexity index is 2480. The first kappa shape index (κ1) is 45.2. The van der Waals surface area contributed by atoms with Crippen LogP contribution in [0.25, 0.3) is 16.9 Å². The number of pyridine rings is 1. The van der Waals surface area contributed by atoms with Crippen molar-refractivity contribution in [2.45, 2.75) is 31.7 Å². The van der Waals surface area contributed by atoms with Gasteiger partial charge in [0.2, 0.25) is 23.6 Å². The summed E-state index contributed by atoms with van der Waals surface area (Å²) < 4.78 is 7.04. The highest BCUT2D eigenvalue weighted by atomic mass is 35.5. The van der Waals surface area contributed by atoms with E-state index in [2.05, 4.69) is 41.6 Å². The average Bonchev–Trinajstić information content (AvgIpc) is 3.73. The molecule has 1 atom stereocenters. The maximum absolute atomic E-state index is 13.6. The summed E-state index contributed by atoms with van der Waals surface area (Å²) in [7, 11) is 0. The van der Waals surface area contributed by atoms with Gasteiger partial charge in [-0.2, -0.15) is 5.10 Å². The average molecular weight is 910 g/mol. The number of nitrogens with one attached hydrogen (secondary N) is 5. The lowest BCUT2D eigenvalue weighted by molar-refractivity contribution is -0.134. The molecule has 6 amide bonds. The van der Waals surface area contributed by atoms with Gasteiger partial charge in [-0.25, -0.2) is 4.68 Å². The van der Waals surface area contributed by atoms with E-state index >= 15 is 0 Å². The lowest BCUT2D eigenvalue weighted by Gasteiger charge is -2.36. The molecule has 0 bridgehead atoms. The standard InChI is InChI=1S/C45H46Cl2N10O7/c46-34-27-35(47)33(26-32(34)36-8-4-5-17-48-36)43(61)52-39-28-38(54-57(39)31-6-2-1-3-7-31)44(62)50-19-25-64-24-18-49-40(58)15-16-42(60)56-22-20-55(21-23-56)30-11-9-29(10-12-30)51-37-13-14-41(59)53-45(37)63/h1-12,17,26-28,37,51H,13-16,18-25H2,(H,49,58)(H,50,62)(H,52,61)(H,53,59,63). The molecule has 17 nitrogen and oxygen atoms in total. The van der Waals surface area contributed by atoms with E-state index in [4.69, 9.17) is 27.9 Å². The number of piperidine rings is 1. The van der Waals surface area contributed by atoms with Crippen molar-refractivity contribution in [3.05, 3.63) is 118 Å². The summed E-state index contributed by atoms with van der Waals surface area (Å²) in [4.78, 5) is 83.9. The van der Waals surface area contributed by atoms with Crippen LogP contribution >= 0.6 is 23.2 Å².